The molecule has 0 saturated carbocycles. The number of likely N-dealkylation sites (tertiary alicyclic amines) is 1. The standard InChI is InChI=1S/C24H31N3O3S/c1-5-17-16-27(15-13-20(17)26-23(29)30-24(2,3)4)22(28)19-12-9-14-25-21(19)31-18-10-7-6-8-11-18/h6-12,14,17,20H,5,13,15-16H2,1-4H3,(H,26,29)/t17-,20+/m0/s1. The van der Waals surface area contributed by atoms with Crippen LogP contribution in [0.15, 0.2) is 58.6 Å². The summed E-state index contributed by atoms with van der Waals surface area (Å²) in [5.74, 6) is 0.160. The molecule has 0 aliphatic carbocycles. The number of nitrogens with one attached hydrogen (secondary N) is 1. The quantitative estimate of drug-likeness (QED) is 0.707. The van der Waals surface area contributed by atoms with Gasteiger partial charge in [0.15, 0.2) is 0 Å². The lowest BCUT2D eigenvalue weighted by Crippen LogP contribution is -2.53. The molecular weight excluding hydrogens is 410 g/mol. The van der Waals surface area contributed by atoms with Gasteiger partial charge in [-0.15, -0.1) is 0 Å². The van der Waals surface area contributed by atoms with Crippen molar-refractivity contribution in [1.29, 1.82) is 0 Å². The van der Waals surface area contributed by atoms with Crippen molar-refractivity contribution in [3.05, 3.63) is 54.2 Å². The zero-order valence-electron chi connectivity index (χ0n) is 18.6. The van der Waals surface area contributed by atoms with Crippen LogP contribution in [0.1, 0.15) is 50.9 Å². The maximum atomic E-state index is 13.3. The van der Waals surface area contributed by atoms with Gasteiger partial charge in [0.05, 0.1) is 5.56 Å². The predicted molar refractivity (Wildman–Crippen MR) is 122 cm³/mol. The minimum atomic E-state index is -0.532. The van der Waals surface area contributed by atoms with Gasteiger partial charge in [0, 0.05) is 30.2 Å². The summed E-state index contributed by atoms with van der Waals surface area (Å²) in [6.07, 6.45) is 2.88. The summed E-state index contributed by atoms with van der Waals surface area (Å²) in [4.78, 5) is 33.0. The number of hydrogen-bond donors (Lipinski definition) is 1. The first-order valence-corrected chi connectivity index (χ1v) is 11.5. The monoisotopic (exact) mass is 441 g/mol. The van der Waals surface area contributed by atoms with Crippen LogP contribution in [-0.2, 0) is 4.74 Å². The van der Waals surface area contributed by atoms with E-state index in [0.29, 0.717) is 30.1 Å². The van der Waals surface area contributed by atoms with Crippen LogP contribution in [0.3, 0.4) is 0 Å². The molecule has 3 rings (SSSR count). The number of benzene rings is 1. The molecule has 0 radical (unpaired) electrons. The Hall–Kier alpha value is -2.54. The van der Waals surface area contributed by atoms with Crippen LogP contribution >= 0.6 is 11.8 Å². The van der Waals surface area contributed by atoms with Crippen molar-refractivity contribution in [1.82, 2.24) is 15.2 Å². The van der Waals surface area contributed by atoms with E-state index in [1.54, 1.807) is 12.3 Å². The Balaban J connectivity index is 1.68. The molecule has 0 unspecified atom stereocenters. The van der Waals surface area contributed by atoms with Gasteiger partial charge in [-0.05, 0) is 63.8 Å². The molecular formula is C24H31N3O3S. The van der Waals surface area contributed by atoms with Gasteiger partial charge >= 0.3 is 6.09 Å². The Morgan fingerprint density at radius 2 is 1.94 bits per heavy atom. The van der Waals surface area contributed by atoms with Gasteiger partial charge in [-0.2, -0.15) is 0 Å². The van der Waals surface area contributed by atoms with Gasteiger partial charge in [-0.25, -0.2) is 9.78 Å². The highest BCUT2D eigenvalue weighted by Crippen LogP contribution is 2.30. The number of nitrogens with zero attached hydrogens (tertiary/aromatic N) is 2. The number of ether oxygens (including phenoxy) is 1. The molecule has 1 saturated heterocycles. The van der Waals surface area contributed by atoms with Crippen molar-refractivity contribution in [2.75, 3.05) is 13.1 Å². The van der Waals surface area contributed by atoms with E-state index in [-0.39, 0.29) is 17.9 Å². The van der Waals surface area contributed by atoms with Crippen molar-refractivity contribution in [2.45, 2.75) is 62.1 Å². The molecule has 31 heavy (non-hydrogen) atoms. The molecule has 1 aromatic heterocycles. The number of alkyl carbamates (subject to hydrolysis) is 1. The minimum Gasteiger partial charge on any atom is -0.444 e. The lowest BCUT2D eigenvalue weighted by atomic mass is 9.89. The second-order valence-electron chi connectivity index (χ2n) is 8.73. The van der Waals surface area contributed by atoms with E-state index in [0.717, 1.165) is 11.3 Å². The Morgan fingerprint density at radius 1 is 1.19 bits per heavy atom. The molecule has 0 spiro atoms. The third-order valence-corrected chi connectivity index (χ3v) is 6.23. The molecule has 7 heteroatoms. The molecule has 1 aliphatic heterocycles. The molecule has 1 N–H and O–H groups in total. The van der Waals surface area contributed by atoms with E-state index in [2.05, 4.69) is 17.2 Å². The predicted octanol–water partition coefficient (Wildman–Crippen LogP) is 5.00. The zero-order valence-corrected chi connectivity index (χ0v) is 19.4. The summed E-state index contributed by atoms with van der Waals surface area (Å²) in [5, 5.41) is 3.71. The Kier molecular flexibility index (Phi) is 7.59. The maximum absolute atomic E-state index is 13.3. The molecule has 6 nitrogen and oxygen atoms in total. The van der Waals surface area contributed by atoms with Crippen molar-refractivity contribution in [3.8, 4) is 0 Å². The summed E-state index contributed by atoms with van der Waals surface area (Å²) < 4.78 is 5.41. The maximum Gasteiger partial charge on any atom is 0.407 e. The number of hydrogen-bond acceptors (Lipinski definition) is 5. The van der Waals surface area contributed by atoms with Gasteiger partial charge < -0.3 is 15.0 Å². The number of amides is 2. The lowest BCUT2D eigenvalue weighted by Gasteiger charge is -2.39. The zero-order chi connectivity index (χ0) is 22.4. The van der Waals surface area contributed by atoms with Crippen LogP contribution < -0.4 is 5.32 Å². The van der Waals surface area contributed by atoms with E-state index < -0.39 is 11.7 Å². The van der Waals surface area contributed by atoms with Gasteiger partial charge in [-0.1, -0.05) is 36.9 Å². The van der Waals surface area contributed by atoms with Gasteiger partial charge in [-0.3, -0.25) is 4.79 Å². The third-order valence-electron chi connectivity index (χ3n) is 5.21. The van der Waals surface area contributed by atoms with Gasteiger partial charge in [0.25, 0.3) is 5.91 Å². The lowest BCUT2D eigenvalue weighted by molar-refractivity contribution is 0.0417. The van der Waals surface area contributed by atoms with Crippen LogP contribution in [0.5, 0.6) is 0 Å². The van der Waals surface area contributed by atoms with Crippen molar-refractivity contribution in [2.24, 2.45) is 5.92 Å². The molecule has 166 valence electrons. The number of carbonyl (C=O) groups is 2. The van der Waals surface area contributed by atoms with Crippen LogP contribution in [0.25, 0.3) is 0 Å². The average Bonchev–Trinajstić information content (AvgIpc) is 2.73. The second-order valence-corrected chi connectivity index (χ2v) is 9.79. The molecule has 2 amide bonds. The van der Waals surface area contributed by atoms with E-state index in [4.69, 9.17) is 4.74 Å². The fourth-order valence-corrected chi connectivity index (χ4v) is 4.58. The smallest absolute Gasteiger partial charge is 0.407 e. The first kappa shape index (κ1) is 23.1. The molecule has 1 fully saturated rings. The summed E-state index contributed by atoms with van der Waals surface area (Å²) in [5.41, 5.74) is 0.0834. The first-order valence-electron chi connectivity index (χ1n) is 10.7. The highest BCUT2D eigenvalue weighted by molar-refractivity contribution is 7.99. The number of pyridine rings is 1. The van der Waals surface area contributed by atoms with Crippen LogP contribution in [-0.4, -0.2) is 46.6 Å². The number of piperidine rings is 1. The third kappa shape index (κ3) is 6.47. The topological polar surface area (TPSA) is 71.5 Å². The van der Waals surface area contributed by atoms with E-state index >= 15 is 0 Å². The molecule has 2 atom stereocenters. The van der Waals surface area contributed by atoms with Crippen molar-refractivity contribution < 1.29 is 14.3 Å². The van der Waals surface area contributed by atoms with E-state index in [9.17, 15) is 9.59 Å². The van der Waals surface area contributed by atoms with E-state index in [1.807, 2.05) is 62.1 Å². The van der Waals surface area contributed by atoms with E-state index in [1.165, 1.54) is 11.8 Å². The number of carbonyl (C=O) groups excluding carboxylic acids is 2. The number of aromatic nitrogens is 1. The summed E-state index contributed by atoms with van der Waals surface area (Å²) in [7, 11) is 0. The summed E-state index contributed by atoms with van der Waals surface area (Å²) in [6.45, 7) is 8.82. The summed E-state index contributed by atoms with van der Waals surface area (Å²) >= 11 is 1.50. The normalized spacial score (nSPS) is 19.0. The highest BCUT2D eigenvalue weighted by Gasteiger charge is 2.33. The van der Waals surface area contributed by atoms with Crippen molar-refractivity contribution in [3.63, 3.8) is 0 Å². The Bertz CT molecular complexity index is 898. The Morgan fingerprint density at radius 3 is 2.61 bits per heavy atom. The molecule has 0 bridgehead atoms. The SMILES string of the molecule is CC[C@H]1CN(C(=O)c2cccnc2Sc2ccccc2)CC[C@H]1NC(=O)OC(C)(C)C. The van der Waals surface area contributed by atoms with Crippen molar-refractivity contribution >= 4 is 23.8 Å². The molecule has 1 aliphatic rings. The van der Waals surface area contributed by atoms with Crippen LogP contribution in [0.2, 0.25) is 0 Å². The fraction of sp³-hybridized carbons (Fsp3) is 0.458. The van der Waals surface area contributed by atoms with Crippen LogP contribution in [0, 0.1) is 5.92 Å². The number of rotatable bonds is 5. The molecule has 2 heterocycles. The second kappa shape index (κ2) is 10.2. The Labute approximate surface area is 188 Å². The molecule has 1 aromatic carbocycles. The van der Waals surface area contributed by atoms with Crippen LogP contribution in [0.4, 0.5) is 4.79 Å². The van der Waals surface area contributed by atoms with Gasteiger partial charge in [0.1, 0.15) is 10.6 Å². The highest BCUT2D eigenvalue weighted by atomic mass is 32.2. The molecule has 2 aromatic rings. The summed E-state index contributed by atoms with van der Waals surface area (Å²) in [6, 6.07) is 13.6. The fourth-order valence-electron chi connectivity index (χ4n) is 3.68. The average molecular weight is 442 g/mol. The minimum absolute atomic E-state index is 0.00374. The largest absolute Gasteiger partial charge is 0.444 e. The van der Waals surface area contributed by atoms with Gasteiger partial charge in [0.2, 0.25) is 0 Å². The first-order chi connectivity index (χ1) is 14.8.